The summed E-state index contributed by atoms with van der Waals surface area (Å²) in [4.78, 5) is 14.8. The lowest BCUT2D eigenvalue weighted by atomic mass is 10.0. The fraction of sp³-hybridized carbons (Fsp3) is 0.357. The lowest BCUT2D eigenvalue weighted by Crippen LogP contribution is -2.41. The number of benzene rings is 1. The number of hydrogen-bond donors (Lipinski definition) is 2. The number of aromatic nitrogens is 2. The number of nitrogens with two attached hydrogens (primary N) is 1. The molecule has 3 N–H and O–H groups in total. The molecule has 22 heavy (non-hydrogen) atoms. The average molecular weight is 308 g/mol. The zero-order valence-electron chi connectivity index (χ0n) is 12.3. The second kappa shape index (κ2) is 6.52. The van der Waals surface area contributed by atoms with Crippen molar-refractivity contribution < 1.29 is 18.8 Å². The van der Waals surface area contributed by atoms with E-state index < -0.39 is 0 Å². The van der Waals surface area contributed by atoms with Gasteiger partial charge in [-0.25, -0.2) is 4.39 Å². The van der Waals surface area contributed by atoms with Crippen molar-refractivity contribution in [3.05, 3.63) is 29.4 Å². The van der Waals surface area contributed by atoms with Crippen LogP contribution in [0.3, 0.4) is 0 Å². The van der Waals surface area contributed by atoms with E-state index in [0.717, 1.165) is 13.1 Å². The van der Waals surface area contributed by atoms with Crippen LogP contribution in [0.25, 0.3) is 11.4 Å². The minimum absolute atomic E-state index is 0.250. The normalized spacial score (nSPS) is 14.9. The molecule has 2 aromatic rings. The van der Waals surface area contributed by atoms with Crippen molar-refractivity contribution in [1.29, 1.82) is 0 Å². The zero-order chi connectivity index (χ0) is 16.3. The van der Waals surface area contributed by atoms with Crippen LogP contribution in [-0.2, 0) is 4.79 Å². The van der Waals surface area contributed by atoms with Gasteiger partial charge in [0.2, 0.25) is 11.7 Å². The van der Waals surface area contributed by atoms with Gasteiger partial charge in [-0.2, -0.15) is 4.98 Å². The summed E-state index contributed by atoms with van der Waals surface area (Å²) in [6.45, 7) is 3.21. The van der Waals surface area contributed by atoms with Crippen LogP contribution >= 0.6 is 0 Å². The zero-order valence-corrected chi connectivity index (χ0v) is 12.3. The van der Waals surface area contributed by atoms with Crippen molar-refractivity contribution in [1.82, 2.24) is 15.0 Å². The Morgan fingerprint density at radius 1 is 1.50 bits per heavy atom. The maximum Gasteiger partial charge on any atom is 0.290 e. The SMILES string of the molecule is Cc1c(N)cc(-c2noc(C3CN(C)C3)n2)cc1F.O=CO. The number of hydrogen-bond acceptors (Lipinski definition) is 6. The minimum atomic E-state index is -0.357. The van der Waals surface area contributed by atoms with E-state index in [4.69, 9.17) is 20.2 Å². The minimum Gasteiger partial charge on any atom is -0.483 e. The first-order valence-electron chi connectivity index (χ1n) is 6.62. The predicted octanol–water partition coefficient (Wildman–Crippen LogP) is 1.50. The van der Waals surface area contributed by atoms with Crippen LogP contribution in [0.4, 0.5) is 10.1 Å². The molecule has 118 valence electrons. The van der Waals surface area contributed by atoms with Crippen molar-refractivity contribution in [2.75, 3.05) is 25.9 Å². The summed E-state index contributed by atoms with van der Waals surface area (Å²) in [5, 5.41) is 10.8. The quantitative estimate of drug-likeness (QED) is 0.639. The summed E-state index contributed by atoms with van der Waals surface area (Å²) in [5.74, 6) is 0.909. The highest BCUT2D eigenvalue weighted by atomic mass is 19.1. The molecule has 0 unspecified atom stereocenters. The van der Waals surface area contributed by atoms with Gasteiger partial charge in [0.1, 0.15) is 5.82 Å². The molecule has 0 aliphatic carbocycles. The number of carbonyl (C=O) groups is 1. The molecule has 0 amide bonds. The summed E-state index contributed by atoms with van der Waals surface area (Å²) in [6.07, 6.45) is 0. The van der Waals surface area contributed by atoms with E-state index in [2.05, 4.69) is 15.0 Å². The first-order chi connectivity index (χ1) is 10.5. The number of nitrogens with zero attached hydrogens (tertiary/aromatic N) is 3. The summed E-state index contributed by atoms with van der Waals surface area (Å²) in [6, 6.07) is 3.05. The van der Waals surface area contributed by atoms with Crippen LogP contribution < -0.4 is 5.73 Å². The molecular weight excluding hydrogens is 291 g/mol. The number of anilines is 1. The predicted molar refractivity (Wildman–Crippen MR) is 77.8 cm³/mol. The van der Waals surface area contributed by atoms with E-state index in [9.17, 15) is 4.39 Å². The molecule has 1 aromatic heterocycles. The van der Waals surface area contributed by atoms with E-state index in [1.165, 1.54) is 6.07 Å². The maximum atomic E-state index is 13.6. The van der Waals surface area contributed by atoms with E-state index in [1.807, 2.05) is 7.05 Å². The summed E-state index contributed by atoms with van der Waals surface area (Å²) in [7, 11) is 2.03. The molecule has 1 aromatic carbocycles. The Morgan fingerprint density at radius 2 is 2.14 bits per heavy atom. The van der Waals surface area contributed by atoms with Crippen LogP contribution in [0.2, 0.25) is 0 Å². The van der Waals surface area contributed by atoms with Crippen LogP contribution in [0.5, 0.6) is 0 Å². The van der Waals surface area contributed by atoms with E-state index in [1.54, 1.807) is 13.0 Å². The standard InChI is InChI=1S/C13H15FN4O.CH2O2/c1-7-10(14)3-8(4-11(7)15)12-16-13(19-17-12)9-5-18(2)6-9;2-1-3/h3-4,9H,5-6,15H2,1-2H3;1H,(H,2,3). The Kier molecular flexibility index (Phi) is 4.71. The van der Waals surface area contributed by atoms with Gasteiger partial charge >= 0.3 is 0 Å². The lowest BCUT2D eigenvalue weighted by molar-refractivity contribution is -0.122. The molecule has 0 bridgehead atoms. The Labute approximate surface area is 126 Å². The Bertz CT molecular complexity index is 645. The van der Waals surface area contributed by atoms with Gasteiger partial charge in [-0.15, -0.1) is 0 Å². The van der Waals surface area contributed by atoms with Gasteiger partial charge in [-0.3, -0.25) is 4.79 Å². The van der Waals surface area contributed by atoms with Crippen LogP contribution in [-0.4, -0.2) is 46.8 Å². The largest absolute Gasteiger partial charge is 0.483 e. The van der Waals surface area contributed by atoms with Gasteiger partial charge in [0.15, 0.2) is 0 Å². The van der Waals surface area contributed by atoms with E-state index in [-0.39, 0.29) is 18.2 Å². The van der Waals surface area contributed by atoms with Crippen molar-refractivity contribution in [2.24, 2.45) is 0 Å². The first-order valence-corrected chi connectivity index (χ1v) is 6.62. The molecule has 7 nitrogen and oxygen atoms in total. The fourth-order valence-corrected chi connectivity index (χ4v) is 2.20. The second-order valence-electron chi connectivity index (χ2n) is 5.15. The Morgan fingerprint density at radius 3 is 2.68 bits per heavy atom. The van der Waals surface area contributed by atoms with Gasteiger partial charge < -0.3 is 20.3 Å². The number of rotatable bonds is 2. The van der Waals surface area contributed by atoms with Crippen LogP contribution in [0.1, 0.15) is 17.4 Å². The molecule has 0 radical (unpaired) electrons. The number of likely N-dealkylation sites (tertiary alicyclic amines) is 1. The van der Waals surface area contributed by atoms with E-state index >= 15 is 0 Å². The van der Waals surface area contributed by atoms with Crippen molar-refractivity contribution in [3.8, 4) is 11.4 Å². The van der Waals surface area contributed by atoms with Crippen molar-refractivity contribution in [2.45, 2.75) is 12.8 Å². The number of halogens is 1. The van der Waals surface area contributed by atoms with Gasteiger partial charge in [-0.1, -0.05) is 5.16 Å². The molecule has 0 saturated carbocycles. The summed E-state index contributed by atoms with van der Waals surface area (Å²) in [5.41, 5.74) is 7.12. The summed E-state index contributed by atoms with van der Waals surface area (Å²) < 4.78 is 18.9. The van der Waals surface area contributed by atoms with E-state index in [0.29, 0.717) is 28.5 Å². The third-order valence-corrected chi connectivity index (χ3v) is 3.50. The summed E-state index contributed by atoms with van der Waals surface area (Å²) >= 11 is 0. The number of likely N-dealkylation sites (N-methyl/N-ethyl adjacent to an activating group) is 1. The molecule has 0 spiro atoms. The highest BCUT2D eigenvalue weighted by molar-refractivity contribution is 5.63. The average Bonchev–Trinajstić information content (AvgIpc) is 2.91. The smallest absolute Gasteiger partial charge is 0.290 e. The molecule has 1 aliphatic heterocycles. The van der Waals surface area contributed by atoms with Gasteiger partial charge in [0.25, 0.3) is 6.47 Å². The molecule has 0 atom stereocenters. The van der Waals surface area contributed by atoms with Crippen LogP contribution in [0.15, 0.2) is 16.7 Å². The second-order valence-corrected chi connectivity index (χ2v) is 5.15. The van der Waals surface area contributed by atoms with Gasteiger partial charge in [0, 0.05) is 29.9 Å². The molecule has 1 aliphatic rings. The topological polar surface area (TPSA) is 105 Å². The molecular formula is C14H17FN4O3. The van der Waals surface area contributed by atoms with Gasteiger partial charge in [-0.05, 0) is 26.1 Å². The maximum absolute atomic E-state index is 13.6. The monoisotopic (exact) mass is 308 g/mol. The fourth-order valence-electron chi connectivity index (χ4n) is 2.20. The molecule has 3 rings (SSSR count). The lowest BCUT2D eigenvalue weighted by Gasteiger charge is -2.33. The van der Waals surface area contributed by atoms with Gasteiger partial charge in [0.05, 0.1) is 5.92 Å². The third-order valence-electron chi connectivity index (χ3n) is 3.50. The third kappa shape index (κ3) is 3.22. The Hall–Kier alpha value is -2.48. The Balaban J connectivity index is 0.000000545. The van der Waals surface area contributed by atoms with Crippen LogP contribution in [0, 0.1) is 12.7 Å². The van der Waals surface area contributed by atoms with Crippen molar-refractivity contribution >= 4 is 12.2 Å². The molecule has 2 heterocycles. The highest BCUT2D eigenvalue weighted by Gasteiger charge is 2.30. The number of carboxylic acid groups (broad SMARTS) is 1. The number of nitrogen functional groups attached to an aromatic ring is 1. The molecule has 1 saturated heterocycles. The highest BCUT2D eigenvalue weighted by Crippen LogP contribution is 2.28. The first kappa shape index (κ1) is 15.9. The van der Waals surface area contributed by atoms with Crippen molar-refractivity contribution in [3.63, 3.8) is 0 Å². The molecule has 1 fully saturated rings. The molecule has 8 heteroatoms.